The van der Waals surface area contributed by atoms with Crippen LogP contribution in [0.5, 0.6) is 0 Å². The van der Waals surface area contributed by atoms with Gasteiger partial charge in [0.05, 0.1) is 34.4 Å². The van der Waals surface area contributed by atoms with E-state index in [0.717, 1.165) is 128 Å². The molecule has 9 heteroatoms. The van der Waals surface area contributed by atoms with E-state index in [-0.39, 0.29) is 38.6 Å². The predicted molar refractivity (Wildman–Crippen MR) is 308 cm³/mol. The van der Waals surface area contributed by atoms with Gasteiger partial charge in [0.1, 0.15) is 13.2 Å². The third kappa shape index (κ3) is 54.5. The van der Waals surface area contributed by atoms with Crippen LogP contribution in [-0.4, -0.2) is 87.4 Å². The molecule has 0 saturated heterocycles. The summed E-state index contributed by atoms with van der Waals surface area (Å²) in [6.07, 6.45) is 76.0. The van der Waals surface area contributed by atoms with Crippen LogP contribution in [0, 0.1) is 0 Å². The van der Waals surface area contributed by atoms with Gasteiger partial charge < -0.3 is 28.5 Å². The maximum absolute atomic E-state index is 12.9. The molecule has 0 saturated carbocycles. The number of carbonyl (C=O) groups excluding carboxylic acids is 2. The lowest BCUT2D eigenvalue weighted by molar-refractivity contribution is -0.870. The molecular formula is C64H100NO8+. The van der Waals surface area contributed by atoms with Gasteiger partial charge in [-0.3, -0.25) is 9.59 Å². The number of quaternary nitrogens is 1. The zero-order chi connectivity index (χ0) is 53.4. The number of nitrogens with zero attached hydrogens (tertiary/aromatic N) is 1. The Balaban J connectivity index is 4.48. The minimum absolute atomic E-state index is 0.166. The third-order valence-corrected chi connectivity index (χ3v) is 10.8. The standard InChI is InChI=1S/C64H99NO8/c1-6-8-10-12-14-16-18-20-22-24-26-28-30-31-33-35-37-39-41-43-45-47-49-51-53-55-62(67)73-60(59-72-64(63(68)69)70-57-56-65(3,4)5)58-71-61(66)54-52-50-48-46-44-42-40-38-36-34-32-29-27-25-23-21-19-17-15-13-11-9-7-2/h8-11,14-17,20-23,26-29,31,33-34,36-37,39-40,42-43,45,60,64H,6-7,12-13,18-19,24-25,30,32,35,38,41,44,46-59H2,1-5H3/p+1/b10-8-,11-9-,16-14-,17-15-,22-20-,23-21-,28-26-,29-27-,33-31-,36-34-,39-37-,42-40-,45-43-. The van der Waals surface area contributed by atoms with Crippen LogP contribution in [0.1, 0.15) is 168 Å². The van der Waals surface area contributed by atoms with Gasteiger partial charge in [-0.15, -0.1) is 0 Å². The largest absolute Gasteiger partial charge is 0.477 e. The summed E-state index contributed by atoms with van der Waals surface area (Å²) in [7, 11) is 5.93. The van der Waals surface area contributed by atoms with Crippen LogP contribution < -0.4 is 0 Å². The first-order valence-electron chi connectivity index (χ1n) is 27.6. The van der Waals surface area contributed by atoms with E-state index in [0.29, 0.717) is 23.9 Å². The van der Waals surface area contributed by atoms with E-state index < -0.39 is 24.3 Å². The number of aliphatic carboxylic acids is 1. The van der Waals surface area contributed by atoms with Crippen LogP contribution in [0.4, 0.5) is 0 Å². The number of carbonyl (C=O) groups is 3. The summed E-state index contributed by atoms with van der Waals surface area (Å²) in [6, 6.07) is 0. The summed E-state index contributed by atoms with van der Waals surface area (Å²) in [5.74, 6) is -2.11. The van der Waals surface area contributed by atoms with Crippen molar-refractivity contribution in [2.75, 3.05) is 47.5 Å². The van der Waals surface area contributed by atoms with Crippen molar-refractivity contribution >= 4 is 17.9 Å². The number of unbranched alkanes of at least 4 members (excludes halogenated alkanes) is 7. The van der Waals surface area contributed by atoms with Crippen molar-refractivity contribution < 1.29 is 42.9 Å². The van der Waals surface area contributed by atoms with Crippen LogP contribution in [0.15, 0.2) is 158 Å². The minimum atomic E-state index is -1.54. The molecule has 0 aromatic heterocycles. The van der Waals surface area contributed by atoms with E-state index in [9.17, 15) is 19.5 Å². The smallest absolute Gasteiger partial charge is 0.361 e. The average Bonchev–Trinajstić information content (AvgIpc) is 3.36. The molecule has 408 valence electrons. The summed E-state index contributed by atoms with van der Waals surface area (Å²) >= 11 is 0. The summed E-state index contributed by atoms with van der Waals surface area (Å²) < 4.78 is 22.8. The van der Waals surface area contributed by atoms with E-state index in [1.54, 1.807) is 0 Å². The summed E-state index contributed by atoms with van der Waals surface area (Å²) in [4.78, 5) is 37.4. The molecule has 0 aliphatic heterocycles. The number of rotatable bonds is 48. The number of carboxylic acids is 1. The third-order valence-electron chi connectivity index (χ3n) is 10.8. The molecule has 0 rings (SSSR count). The lowest BCUT2D eigenvalue weighted by Gasteiger charge is -2.25. The zero-order valence-corrected chi connectivity index (χ0v) is 46.2. The molecular weight excluding hydrogens is 911 g/mol. The quantitative estimate of drug-likeness (QED) is 0.0211. The van der Waals surface area contributed by atoms with E-state index >= 15 is 0 Å². The Bertz CT molecular complexity index is 1750. The molecule has 0 aliphatic rings. The number of carboxylic acid groups (broad SMARTS) is 1. The maximum Gasteiger partial charge on any atom is 0.361 e. The number of ether oxygens (including phenoxy) is 4. The Hall–Kier alpha value is -5.09. The van der Waals surface area contributed by atoms with Crippen molar-refractivity contribution in [3.05, 3.63) is 158 Å². The highest BCUT2D eigenvalue weighted by Crippen LogP contribution is 2.11. The first kappa shape index (κ1) is 67.9. The molecule has 0 heterocycles. The second-order valence-corrected chi connectivity index (χ2v) is 18.8. The second-order valence-electron chi connectivity index (χ2n) is 18.8. The molecule has 0 spiro atoms. The summed E-state index contributed by atoms with van der Waals surface area (Å²) in [5, 5.41) is 9.69. The fourth-order valence-corrected chi connectivity index (χ4v) is 6.58. The van der Waals surface area contributed by atoms with Crippen LogP contribution >= 0.6 is 0 Å². The van der Waals surface area contributed by atoms with E-state index in [2.05, 4.69) is 172 Å². The van der Waals surface area contributed by atoms with Crippen molar-refractivity contribution in [1.29, 1.82) is 0 Å². The molecule has 73 heavy (non-hydrogen) atoms. The summed E-state index contributed by atoms with van der Waals surface area (Å²) in [5.41, 5.74) is 0. The molecule has 2 unspecified atom stereocenters. The first-order chi connectivity index (χ1) is 35.6. The van der Waals surface area contributed by atoms with Gasteiger partial charge in [0.25, 0.3) is 6.29 Å². The Morgan fingerprint density at radius 1 is 0.411 bits per heavy atom. The number of hydrogen-bond acceptors (Lipinski definition) is 7. The zero-order valence-electron chi connectivity index (χ0n) is 46.2. The lowest BCUT2D eigenvalue weighted by Crippen LogP contribution is -2.40. The fraction of sp³-hybridized carbons (Fsp3) is 0.547. The predicted octanol–water partition coefficient (Wildman–Crippen LogP) is 16.2. The highest BCUT2D eigenvalue weighted by Gasteiger charge is 2.25. The van der Waals surface area contributed by atoms with E-state index in [4.69, 9.17) is 18.9 Å². The number of allylic oxidation sites excluding steroid dienone is 26. The van der Waals surface area contributed by atoms with Gasteiger partial charge in [-0.2, -0.15) is 0 Å². The van der Waals surface area contributed by atoms with E-state index in [1.165, 1.54) is 0 Å². The van der Waals surface area contributed by atoms with Crippen LogP contribution in [-0.2, 0) is 33.3 Å². The van der Waals surface area contributed by atoms with Crippen molar-refractivity contribution in [3.63, 3.8) is 0 Å². The molecule has 0 fully saturated rings. The van der Waals surface area contributed by atoms with Crippen LogP contribution in [0.25, 0.3) is 0 Å². The first-order valence-corrected chi connectivity index (χ1v) is 27.6. The average molecular weight is 1010 g/mol. The van der Waals surface area contributed by atoms with Gasteiger partial charge >= 0.3 is 17.9 Å². The van der Waals surface area contributed by atoms with Gasteiger partial charge in [-0.05, 0) is 122 Å². The minimum Gasteiger partial charge on any atom is -0.477 e. The molecule has 2 atom stereocenters. The molecule has 0 bridgehead atoms. The molecule has 9 nitrogen and oxygen atoms in total. The Kier molecular flexibility index (Phi) is 49.5. The number of likely N-dealkylation sites (N-methyl/N-ethyl adjacent to an activating group) is 1. The van der Waals surface area contributed by atoms with Gasteiger partial charge in [-0.25, -0.2) is 4.79 Å². The Morgan fingerprint density at radius 2 is 0.740 bits per heavy atom. The van der Waals surface area contributed by atoms with E-state index in [1.807, 2.05) is 21.1 Å². The Morgan fingerprint density at radius 3 is 1.10 bits per heavy atom. The fourth-order valence-electron chi connectivity index (χ4n) is 6.58. The van der Waals surface area contributed by atoms with Crippen molar-refractivity contribution in [1.82, 2.24) is 0 Å². The monoisotopic (exact) mass is 1010 g/mol. The SMILES string of the molecule is CC/C=C\C/C=C\C/C=C\C/C=C\C/C=C\C/C=C\C/C=C\CCCCCC(=O)OC(COC(=O)CCCCCC/C=C\C/C=C\C/C=C\C/C=C\C/C=C\C/C=C\CC)COC(OCC[N+](C)(C)C)C(=O)O. The summed E-state index contributed by atoms with van der Waals surface area (Å²) in [6.45, 7) is 4.54. The van der Waals surface area contributed by atoms with Crippen molar-refractivity contribution in [2.24, 2.45) is 0 Å². The van der Waals surface area contributed by atoms with Crippen LogP contribution in [0.3, 0.4) is 0 Å². The Labute approximate surface area is 444 Å². The highest BCUT2D eigenvalue weighted by molar-refractivity contribution is 5.71. The normalized spacial score (nSPS) is 14.0. The molecule has 0 aliphatic carbocycles. The number of esters is 2. The second kappa shape index (κ2) is 53.2. The molecule has 0 aromatic rings. The highest BCUT2D eigenvalue weighted by atomic mass is 16.7. The van der Waals surface area contributed by atoms with Gasteiger partial charge in [0, 0.05) is 12.8 Å². The molecule has 0 aromatic carbocycles. The van der Waals surface area contributed by atoms with Crippen LogP contribution in [0.2, 0.25) is 0 Å². The molecule has 1 N–H and O–H groups in total. The van der Waals surface area contributed by atoms with Gasteiger partial charge in [-0.1, -0.05) is 191 Å². The van der Waals surface area contributed by atoms with Gasteiger partial charge in [0.2, 0.25) is 0 Å². The lowest BCUT2D eigenvalue weighted by atomic mass is 10.1. The molecule has 0 radical (unpaired) electrons. The van der Waals surface area contributed by atoms with Crippen molar-refractivity contribution in [3.8, 4) is 0 Å². The topological polar surface area (TPSA) is 108 Å². The van der Waals surface area contributed by atoms with Gasteiger partial charge in [0.15, 0.2) is 6.10 Å². The molecule has 0 amide bonds. The maximum atomic E-state index is 12.9. The number of hydrogen-bond donors (Lipinski definition) is 1. The van der Waals surface area contributed by atoms with Crippen molar-refractivity contribution in [2.45, 2.75) is 180 Å².